The lowest BCUT2D eigenvalue weighted by Crippen LogP contribution is -2.27. The first kappa shape index (κ1) is 30.1. The summed E-state index contributed by atoms with van der Waals surface area (Å²) in [5.74, 6) is -0.248. The number of imide groups is 1. The summed E-state index contributed by atoms with van der Waals surface area (Å²) >= 11 is 0. The van der Waals surface area contributed by atoms with Gasteiger partial charge < -0.3 is 25.0 Å². The van der Waals surface area contributed by atoms with Crippen LogP contribution in [0.2, 0.25) is 0 Å². The largest absolute Gasteiger partial charge is 0.508 e. The highest BCUT2D eigenvalue weighted by molar-refractivity contribution is 6.12. The van der Waals surface area contributed by atoms with E-state index in [2.05, 4.69) is 15.4 Å². The Morgan fingerprint density at radius 2 is 1.82 bits per heavy atom. The number of rotatable bonds is 19. The summed E-state index contributed by atoms with van der Waals surface area (Å²) in [5.41, 5.74) is 2.99. The molecule has 1 aliphatic rings. The van der Waals surface area contributed by atoms with Gasteiger partial charge in [-0.1, -0.05) is 31.0 Å². The van der Waals surface area contributed by atoms with E-state index in [9.17, 15) is 24.6 Å². The molecule has 1 atom stereocenters. The lowest BCUT2D eigenvalue weighted by atomic mass is 10.1. The van der Waals surface area contributed by atoms with E-state index in [1.165, 1.54) is 11.0 Å². The van der Waals surface area contributed by atoms with E-state index in [0.717, 1.165) is 76.0 Å². The zero-order chi connectivity index (χ0) is 27.9. The van der Waals surface area contributed by atoms with Gasteiger partial charge in [0, 0.05) is 31.0 Å². The summed E-state index contributed by atoms with van der Waals surface area (Å²) in [6.07, 6.45) is 6.32. The lowest BCUT2D eigenvalue weighted by Gasteiger charge is -2.14. The number of carbonyl (C=O) groups is 3. The molecule has 0 unspecified atom stereocenters. The van der Waals surface area contributed by atoms with Gasteiger partial charge in [-0.05, 0) is 74.0 Å². The Balaban J connectivity index is 1.16. The minimum Gasteiger partial charge on any atom is -0.508 e. The van der Waals surface area contributed by atoms with Crippen LogP contribution in [0.5, 0.6) is 5.75 Å². The number of aliphatic hydroxyl groups is 1. The molecule has 0 aromatic heterocycles. The minimum absolute atomic E-state index is 0.0292. The number of aromatic hydroxyl groups is 1. The fraction of sp³-hybridized carbons (Fsp3) is 0.483. The quantitative estimate of drug-likeness (QED) is 0.121. The number of hydrogen-bond donors (Lipinski definition) is 4. The van der Waals surface area contributed by atoms with Crippen molar-refractivity contribution in [1.82, 2.24) is 10.6 Å². The van der Waals surface area contributed by atoms with Crippen molar-refractivity contribution in [2.24, 2.45) is 0 Å². The third-order valence-corrected chi connectivity index (χ3v) is 6.54. The average Bonchev–Trinajstić information content (AvgIpc) is 3.28. The third-order valence-electron chi connectivity index (χ3n) is 6.54. The third kappa shape index (κ3) is 10.3. The molecule has 0 aliphatic carbocycles. The number of nitrogens with zero attached hydrogens (tertiary/aromatic N) is 1. The number of anilines is 1. The molecule has 3 rings (SSSR count). The number of amides is 3. The van der Waals surface area contributed by atoms with Crippen molar-refractivity contribution in [3.05, 3.63) is 59.2 Å². The topological polar surface area (TPSA) is 137 Å². The Morgan fingerprint density at radius 3 is 2.59 bits per heavy atom. The van der Waals surface area contributed by atoms with Gasteiger partial charge >= 0.3 is 6.03 Å². The van der Waals surface area contributed by atoms with Crippen LogP contribution in [0.1, 0.15) is 61.3 Å². The van der Waals surface area contributed by atoms with Crippen molar-refractivity contribution < 1.29 is 34.1 Å². The molecule has 1 aliphatic heterocycles. The lowest BCUT2D eigenvalue weighted by molar-refractivity contribution is -0.129. The molecule has 10 nitrogen and oxygen atoms in total. The van der Waals surface area contributed by atoms with Gasteiger partial charge in [0.05, 0.1) is 6.10 Å². The van der Waals surface area contributed by atoms with Gasteiger partial charge in [0.2, 0.25) is 5.91 Å². The van der Waals surface area contributed by atoms with Crippen molar-refractivity contribution >= 4 is 24.1 Å². The van der Waals surface area contributed by atoms with E-state index in [-0.39, 0.29) is 30.8 Å². The number of benzene rings is 2. The molecule has 1 fully saturated rings. The van der Waals surface area contributed by atoms with Gasteiger partial charge in [-0.3, -0.25) is 19.8 Å². The predicted molar refractivity (Wildman–Crippen MR) is 146 cm³/mol. The number of ether oxygens (including phenoxy) is 2. The zero-order valence-electron chi connectivity index (χ0n) is 22.3. The molecule has 1 saturated heterocycles. The molecular weight excluding hydrogens is 502 g/mol. The van der Waals surface area contributed by atoms with Gasteiger partial charge in [-0.25, -0.2) is 4.79 Å². The molecule has 0 radical (unpaired) electrons. The van der Waals surface area contributed by atoms with E-state index >= 15 is 0 Å². The molecule has 0 saturated carbocycles. The van der Waals surface area contributed by atoms with Crippen LogP contribution in [0.4, 0.5) is 10.5 Å². The molecule has 10 heteroatoms. The minimum atomic E-state index is -0.713. The number of aryl methyl sites for hydroxylation is 1. The molecule has 3 amide bonds. The first-order valence-corrected chi connectivity index (χ1v) is 13.5. The predicted octanol–water partition coefficient (Wildman–Crippen LogP) is 3.34. The number of aliphatic hydroxyl groups excluding tert-OH is 1. The normalized spacial score (nSPS) is 13.9. The van der Waals surface area contributed by atoms with Crippen molar-refractivity contribution in [3.8, 4) is 5.75 Å². The van der Waals surface area contributed by atoms with Gasteiger partial charge in [0.1, 0.15) is 18.9 Å². The second-order valence-corrected chi connectivity index (χ2v) is 9.61. The van der Waals surface area contributed by atoms with Crippen LogP contribution in [-0.4, -0.2) is 61.5 Å². The Labute approximate surface area is 229 Å². The van der Waals surface area contributed by atoms with Crippen LogP contribution in [0.25, 0.3) is 0 Å². The Morgan fingerprint density at radius 1 is 1.03 bits per heavy atom. The summed E-state index contributed by atoms with van der Waals surface area (Å²) in [4.78, 5) is 35.1. The van der Waals surface area contributed by atoms with Crippen LogP contribution >= 0.6 is 0 Å². The van der Waals surface area contributed by atoms with Crippen molar-refractivity contribution in [1.29, 1.82) is 0 Å². The standard InChI is InChI=1S/C29H39N3O7/c33-21-39-20-24-17-23(11-12-26(24)34)27(35)18-30-13-4-1-2-5-14-38-15-6-3-8-22-9-7-10-25(16-22)32-19-28(36)31-29(32)37/h7,9-12,16-17,21,27,30,34-35H,1-6,8,13-15,18-20H2,(H,31,36,37)/t27-/m0/s1. The van der Waals surface area contributed by atoms with Crippen LogP contribution in [0, 0.1) is 0 Å². The monoisotopic (exact) mass is 541 g/mol. The summed E-state index contributed by atoms with van der Waals surface area (Å²) in [6, 6.07) is 12.2. The first-order chi connectivity index (χ1) is 19.0. The van der Waals surface area contributed by atoms with Crippen molar-refractivity contribution in [3.63, 3.8) is 0 Å². The molecule has 0 bridgehead atoms. The first-order valence-electron chi connectivity index (χ1n) is 13.5. The average molecular weight is 542 g/mol. The van der Waals surface area contributed by atoms with Gasteiger partial charge in [-0.2, -0.15) is 0 Å². The summed E-state index contributed by atoms with van der Waals surface area (Å²) in [6.45, 7) is 3.03. The van der Waals surface area contributed by atoms with E-state index < -0.39 is 6.10 Å². The van der Waals surface area contributed by atoms with Crippen molar-refractivity contribution in [2.45, 2.75) is 57.7 Å². The SMILES string of the molecule is O=COCc1cc([C@@H](O)CNCCCCCCOCCCCc2cccc(N3CC(=O)NC3=O)c2)ccc1O. The molecule has 1 heterocycles. The van der Waals surface area contributed by atoms with E-state index in [0.29, 0.717) is 24.1 Å². The number of phenols is 1. The second kappa shape index (κ2) is 16.5. The number of phenolic OH excluding ortho intramolecular Hbond substituents is 1. The molecule has 4 N–H and O–H groups in total. The highest BCUT2D eigenvalue weighted by Crippen LogP contribution is 2.23. The molecule has 0 spiro atoms. The summed E-state index contributed by atoms with van der Waals surface area (Å²) in [5, 5.41) is 25.7. The Bertz CT molecular complexity index is 1080. The van der Waals surface area contributed by atoms with Crippen LogP contribution in [-0.2, 0) is 32.1 Å². The smallest absolute Gasteiger partial charge is 0.329 e. The summed E-state index contributed by atoms with van der Waals surface area (Å²) < 4.78 is 10.4. The number of carbonyl (C=O) groups excluding carboxylic acids is 3. The summed E-state index contributed by atoms with van der Waals surface area (Å²) in [7, 11) is 0. The van der Waals surface area contributed by atoms with Crippen LogP contribution in [0.15, 0.2) is 42.5 Å². The van der Waals surface area contributed by atoms with E-state index in [1.54, 1.807) is 12.1 Å². The number of urea groups is 1. The number of nitrogens with one attached hydrogen (secondary N) is 2. The van der Waals surface area contributed by atoms with Gasteiger partial charge in [0.25, 0.3) is 6.47 Å². The van der Waals surface area contributed by atoms with E-state index in [4.69, 9.17) is 4.74 Å². The number of unbranched alkanes of at least 4 members (excludes halogenated alkanes) is 4. The maximum Gasteiger partial charge on any atom is 0.329 e. The molecule has 2 aromatic carbocycles. The number of hydrogen-bond acceptors (Lipinski definition) is 8. The maximum absolute atomic E-state index is 11.8. The molecule has 212 valence electrons. The van der Waals surface area contributed by atoms with Crippen LogP contribution < -0.4 is 15.5 Å². The molecule has 2 aromatic rings. The highest BCUT2D eigenvalue weighted by Gasteiger charge is 2.27. The second-order valence-electron chi connectivity index (χ2n) is 9.61. The maximum atomic E-state index is 11.8. The van der Waals surface area contributed by atoms with Gasteiger partial charge in [0.15, 0.2) is 0 Å². The van der Waals surface area contributed by atoms with E-state index in [1.807, 2.05) is 24.3 Å². The fourth-order valence-corrected chi connectivity index (χ4v) is 4.38. The molecule has 39 heavy (non-hydrogen) atoms. The zero-order valence-corrected chi connectivity index (χ0v) is 22.3. The molecular formula is C29H39N3O7. The Hall–Kier alpha value is -3.47. The highest BCUT2D eigenvalue weighted by atomic mass is 16.5. The van der Waals surface area contributed by atoms with Crippen LogP contribution in [0.3, 0.4) is 0 Å². The van der Waals surface area contributed by atoms with Crippen molar-refractivity contribution in [2.75, 3.05) is 37.7 Å². The Kier molecular flexibility index (Phi) is 12.7. The van der Waals surface area contributed by atoms with Gasteiger partial charge in [-0.15, -0.1) is 0 Å². The fourth-order valence-electron chi connectivity index (χ4n) is 4.38.